The second-order valence-electron chi connectivity index (χ2n) is 14.5. The van der Waals surface area contributed by atoms with Crippen LogP contribution in [-0.2, 0) is 20.7 Å². The van der Waals surface area contributed by atoms with E-state index in [2.05, 4.69) is 173 Å². The lowest BCUT2D eigenvalue weighted by atomic mass is 9.72. The fraction of sp³-hybridized carbons (Fsp3) is 0.234. The molecule has 50 heavy (non-hydrogen) atoms. The minimum atomic E-state index is -0.884. The third kappa shape index (κ3) is 6.95. The van der Waals surface area contributed by atoms with Gasteiger partial charge in [-0.2, -0.15) is 0 Å². The Balaban J connectivity index is 1.34. The van der Waals surface area contributed by atoms with Gasteiger partial charge in [0, 0.05) is 10.8 Å². The summed E-state index contributed by atoms with van der Waals surface area (Å²) in [5.74, 6) is 0. The standard InChI is InChI=1S/C47H48O3/c1-44(2,35-49-46(37-23-11-5-12-24-37,38-25-13-6-14-26-38)39-27-15-7-16-28-39)43(48)45(3,4)36-50-47(40-29-17-8-18-30-40,41-31-19-9-20-32-41)42-33-21-10-22-34-42/h5-34,43,48H,35-36H2,1-4H3. The molecule has 0 bridgehead atoms. The molecule has 3 heteroatoms. The van der Waals surface area contributed by atoms with Crippen LogP contribution in [0.5, 0.6) is 0 Å². The van der Waals surface area contributed by atoms with Crippen molar-refractivity contribution in [3.05, 3.63) is 215 Å². The summed E-state index contributed by atoms with van der Waals surface area (Å²) in [7, 11) is 0. The van der Waals surface area contributed by atoms with Crippen molar-refractivity contribution in [2.75, 3.05) is 13.2 Å². The third-order valence-corrected chi connectivity index (χ3v) is 9.88. The van der Waals surface area contributed by atoms with E-state index in [4.69, 9.17) is 9.47 Å². The fourth-order valence-electron chi connectivity index (χ4n) is 7.34. The van der Waals surface area contributed by atoms with E-state index in [9.17, 15) is 5.11 Å². The molecule has 0 amide bonds. The Kier molecular flexibility index (Phi) is 10.5. The van der Waals surface area contributed by atoms with Crippen LogP contribution in [0.15, 0.2) is 182 Å². The van der Waals surface area contributed by atoms with Gasteiger partial charge >= 0.3 is 0 Å². The molecular weight excluding hydrogens is 613 g/mol. The molecule has 6 aromatic rings. The van der Waals surface area contributed by atoms with Gasteiger partial charge in [-0.25, -0.2) is 0 Å². The number of aliphatic hydroxyl groups excluding tert-OH is 1. The molecule has 254 valence electrons. The summed E-state index contributed by atoms with van der Waals surface area (Å²) in [6, 6.07) is 62.3. The van der Waals surface area contributed by atoms with Crippen molar-refractivity contribution in [2.45, 2.75) is 45.0 Å². The van der Waals surface area contributed by atoms with E-state index in [1.54, 1.807) is 0 Å². The maximum atomic E-state index is 12.4. The molecule has 6 rings (SSSR count). The van der Waals surface area contributed by atoms with Gasteiger partial charge in [-0.05, 0) is 33.4 Å². The number of ether oxygens (including phenoxy) is 2. The zero-order valence-electron chi connectivity index (χ0n) is 29.6. The van der Waals surface area contributed by atoms with Crippen molar-refractivity contribution in [3.8, 4) is 0 Å². The molecule has 0 heterocycles. The van der Waals surface area contributed by atoms with Crippen LogP contribution in [0, 0.1) is 10.8 Å². The molecule has 0 unspecified atom stereocenters. The number of aliphatic hydroxyl groups is 1. The Morgan fingerprint density at radius 1 is 0.360 bits per heavy atom. The second-order valence-corrected chi connectivity index (χ2v) is 14.5. The number of hydrogen-bond donors (Lipinski definition) is 1. The van der Waals surface area contributed by atoms with Crippen molar-refractivity contribution in [3.63, 3.8) is 0 Å². The Labute approximate surface area is 298 Å². The summed E-state index contributed by atoms with van der Waals surface area (Å²) in [5.41, 5.74) is 3.10. The minimum Gasteiger partial charge on any atom is -0.392 e. The second kappa shape index (κ2) is 15.0. The normalized spacial score (nSPS) is 12.6. The third-order valence-electron chi connectivity index (χ3n) is 9.88. The van der Waals surface area contributed by atoms with Crippen LogP contribution in [0.2, 0.25) is 0 Å². The minimum absolute atomic E-state index is 0.289. The van der Waals surface area contributed by atoms with Crippen molar-refractivity contribution < 1.29 is 14.6 Å². The topological polar surface area (TPSA) is 38.7 Å². The van der Waals surface area contributed by atoms with Gasteiger partial charge in [0.15, 0.2) is 0 Å². The zero-order chi connectivity index (χ0) is 35.1. The maximum Gasteiger partial charge on any atom is 0.143 e. The van der Waals surface area contributed by atoms with Gasteiger partial charge in [0.2, 0.25) is 0 Å². The summed E-state index contributed by atoms with van der Waals surface area (Å²) < 4.78 is 14.4. The average molecular weight is 661 g/mol. The Bertz CT molecular complexity index is 1550. The highest BCUT2D eigenvalue weighted by Gasteiger charge is 2.46. The van der Waals surface area contributed by atoms with Crippen molar-refractivity contribution in [1.29, 1.82) is 0 Å². The fourth-order valence-corrected chi connectivity index (χ4v) is 7.34. The van der Waals surface area contributed by atoms with E-state index in [0.717, 1.165) is 33.4 Å². The summed E-state index contributed by atoms with van der Waals surface area (Å²) >= 11 is 0. The van der Waals surface area contributed by atoms with E-state index in [1.807, 2.05) is 36.4 Å². The molecule has 0 aliphatic heterocycles. The summed E-state index contributed by atoms with van der Waals surface area (Å²) in [6.45, 7) is 8.93. The first kappa shape index (κ1) is 35.0. The lowest BCUT2D eigenvalue weighted by molar-refractivity contribution is -0.137. The molecule has 0 fully saturated rings. The van der Waals surface area contributed by atoms with Gasteiger partial charge in [-0.15, -0.1) is 0 Å². The van der Waals surface area contributed by atoms with Crippen LogP contribution in [0.3, 0.4) is 0 Å². The lowest BCUT2D eigenvalue weighted by Gasteiger charge is -2.45. The molecule has 0 aliphatic rings. The van der Waals surface area contributed by atoms with Crippen LogP contribution in [-0.4, -0.2) is 24.4 Å². The monoisotopic (exact) mass is 660 g/mol. The smallest absolute Gasteiger partial charge is 0.143 e. The molecule has 3 nitrogen and oxygen atoms in total. The van der Waals surface area contributed by atoms with E-state index in [1.165, 1.54) is 0 Å². The van der Waals surface area contributed by atoms with Crippen LogP contribution in [0.4, 0.5) is 0 Å². The van der Waals surface area contributed by atoms with E-state index < -0.39 is 28.1 Å². The van der Waals surface area contributed by atoms with E-state index in [-0.39, 0.29) is 13.2 Å². The molecule has 0 spiro atoms. The number of benzene rings is 6. The predicted octanol–water partition coefficient (Wildman–Crippen LogP) is 10.4. The molecule has 0 aromatic heterocycles. The van der Waals surface area contributed by atoms with E-state index in [0.29, 0.717) is 0 Å². The van der Waals surface area contributed by atoms with Crippen molar-refractivity contribution >= 4 is 0 Å². The van der Waals surface area contributed by atoms with Gasteiger partial charge < -0.3 is 14.6 Å². The molecule has 0 aliphatic carbocycles. The summed E-state index contributed by atoms with van der Waals surface area (Å²) in [6.07, 6.45) is -0.782. The van der Waals surface area contributed by atoms with Gasteiger partial charge in [0.1, 0.15) is 11.2 Å². The SMILES string of the molecule is CC(C)(COC(c1ccccc1)(c1ccccc1)c1ccccc1)C(O)C(C)(C)COC(c1ccccc1)(c1ccccc1)c1ccccc1. The quantitative estimate of drug-likeness (QED) is 0.118. The summed E-state index contributed by atoms with van der Waals surface area (Å²) in [4.78, 5) is 0. The molecule has 6 aromatic carbocycles. The molecule has 1 N–H and O–H groups in total. The molecule has 0 atom stereocenters. The van der Waals surface area contributed by atoms with Crippen LogP contribution >= 0.6 is 0 Å². The van der Waals surface area contributed by atoms with Crippen LogP contribution < -0.4 is 0 Å². The highest BCUT2D eigenvalue weighted by molar-refractivity contribution is 5.49. The zero-order valence-corrected chi connectivity index (χ0v) is 29.6. The number of rotatable bonds is 14. The summed E-state index contributed by atoms with van der Waals surface area (Å²) in [5, 5.41) is 12.4. The first-order valence-electron chi connectivity index (χ1n) is 17.5. The lowest BCUT2D eigenvalue weighted by Crippen LogP contribution is -2.49. The van der Waals surface area contributed by atoms with Gasteiger partial charge in [0.25, 0.3) is 0 Å². The molecule has 0 saturated heterocycles. The molecule has 0 saturated carbocycles. The maximum absolute atomic E-state index is 12.4. The first-order valence-corrected chi connectivity index (χ1v) is 17.5. The predicted molar refractivity (Wildman–Crippen MR) is 204 cm³/mol. The van der Waals surface area contributed by atoms with Gasteiger partial charge in [0.05, 0.1) is 19.3 Å². The number of hydrogen-bond acceptors (Lipinski definition) is 3. The van der Waals surface area contributed by atoms with Crippen molar-refractivity contribution in [1.82, 2.24) is 0 Å². The van der Waals surface area contributed by atoms with Crippen LogP contribution in [0.25, 0.3) is 0 Å². The molecular formula is C47H48O3. The Morgan fingerprint density at radius 2 is 0.540 bits per heavy atom. The van der Waals surface area contributed by atoms with Crippen molar-refractivity contribution in [2.24, 2.45) is 10.8 Å². The Morgan fingerprint density at radius 3 is 0.720 bits per heavy atom. The van der Waals surface area contributed by atoms with Crippen LogP contribution in [0.1, 0.15) is 61.1 Å². The van der Waals surface area contributed by atoms with E-state index >= 15 is 0 Å². The largest absolute Gasteiger partial charge is 0.392 e. The highest BCUT2D eigenvalue weighted by Crippen LogP contribution is 2.46. The first-order chi connectivity index (χ1) is 24.2. The van der Waals surface area contributed by atoms with Gasteiger partial charge in [-0.1, -0.05) is 210 Å². The average Bonchev–Trinajstić information content (AvgIpc) is 3.17. The highest BCUT2D eigenvalue weighted by atomic mass is 16.5. The molecule has 0 radical (unpaired) electrons. The van der Waals surface area contributed by atoms with Gasteiger partial charge in [-0.3, -0.25) is 0 Å². The Hall–Kier alpha value is -4.80.